The van der Waals surface area contributed by atoms with Crippen LogP contribution in [0.3, 0.4) is 0 Å². The van der Waals surface area contributed by atoms with Gasteiger partial charge >= 0.3 is 0 Å². The molecule has 1 aromatic carbocycles. The third-order valence-corrected chi connectivity index (χ3v) is 6.63. The van der Waals surface area contributed by atoms with E-state index in [4.69, 9.17) is 0 Å². The summed E-state index contributed by atoms with van der Waals surface area (Å²) in [6.45, 7) is 1.51. The van der Waals surface area contributed by atoms with E-state index >= 15 is 0 Å². The molecule has 5 nitrogen and oxygen atoms in total. The minimum atomic E-state index is -0.115. The summed E-state index contributed by atoms with van der Waals surface area (Å²) < 4.78 is 2.11. The molecule has 0 spiro atoms. The Labute approximate surface area is 172 Å². The second-order valence-electron chi connectivity index (χ2n) is 7.62. The molecule has 0 bridgehead atoms. The summed E-state index contributed by atoms with van der Waals surface area (Å²) in [6, 6.07) is 15.9. The Bertz CT molecular complexity index is 1240. The van der Waals surface area contributed by atoms with Gasteiger partial charge in [0.25, 0.3) is 11.5 Å². The number of nitrogens with zero attached hydrogens (tertiary/aromatic N) is 3. The zero-order valence-corrected chi connectivity index (χ0v) is 16.8. The highest BCUT2D eigenvalue weighted by Gasteiger charge is 2.24. The SMILES string of the molecule is O=C(c1ccc2nc3ccsc3c(=O)n2c1)N1CCC(Cc2ccccc2)CC1. The van der Waals surface area contributed by atoms with Gasteiger partial charge in [-0.3, -0.25) is 14.0 Å². The van der Waals surface area contributed by atoms with Crippen molar-refractivity contribution < 1.29 is 4.79 Å². The molecule has 0 N–H and O–H groups in total. The molecule has 1 fully saturated rings. The molecule has 4 heterocycles. The standard InChI is InChI=1S/C23H21N3O2S/c27-22(25-11-8-17(9-12-25)14-16-4-2-1-3-5-16)18-6-7-20-24-19-10-13-29-21(19)23(28)26(20)15-18/h1-7,10,13,15,17H,8-9,11-12,14H2. The molecule has 1 saturated heterocycles. The molecule has 0 radical (unpaired) electrons. The smallest absolute Gasteiger partial charge is 0.275 e. The van der Waals surface area contributed by atoms with Crippen LogP contribution in [0.4, 0.5) is 0 Å². The molecule has 4 aromatic rings. The summed E-state index contributed by atoms with van der Waals surface area (Å²) in [4.78, 5) is 32.2. The quantitative estimate of drug-likeness (QED) is 0.519. The van der Waals surface area contributed by atoms with Crippen LogP contribution in [0, 0.1) is 5.92 Å². The van der Waals surface area contributed by atoms with Crippen molar-refractivity contribution in [2.75, 3.05) is 13.1 Å². The molecule has 146 valence electrons. The Hall–Kier alpha value is -2.99. The number of likely N-dealkylation sites (tertiary alicyclic amines) is 1. The molecule has 5 rings (SSSR count). The molecular weight excluding hydrogens is 382 g/mol. The maximum Gasteiger partial charge on any atom is 0.275 e. The molecule has 6 heteroatoms. The van der Waals surface area contributed by atoms with Gasteiger partial charge in [-0.25, -0.2) is 4.98 Å². The average molecular weight is 404 g/mol. The lowest BCUT2D eigenvalue weighted by atomic mass is 9.90. The van der Waals surface area contributed by atoms with Crippen LogP contribution < -0.4 is 5.56 Å². The van der Waals surface area contributed by atoms with Crippen molar-refractivity contribution in [3.63, 3.8) is 0 Å². The lowest BCUT2D eigenvalue weighted by Crippen LogP contribution is -2.39. The fraction of sp³-hybridized carbons (Fsp3) is 0.261. The van der Waals surface area contributed by atoms with Gasteiger partial charge in [0, 0.05) is 19.3 Å². The third-order valence-electron chi connectivity index (χ3n) is 5.74. The van der Waals surface area contributed by atoms with Gasteiger partial charge in [-0.05, 0) is 54.3 Å². The number of hydrogen-bond donors (Lipinski definition) is 0. The largest absolute Gasteiger partial charge is 0.339 e. The van der Waals surface area contributed by atoms with Crippen LogP contribution in [0.15, 0.2) is 64.9 Å². The van der Waals surface area contributed by atoms with E-state index < -0.39 is 0 Å². The van der Waals surface area contributed by atoms with Crippen LogP contribution in [-0.4, -0.2) is 33.3 Å². The van der Waals surface area contributed by atoms with E-state index in [1.54, 1.807) is 18.3 Å². The number of aromatic nitrogens is 2. The summed E-state index contributed by atoms with van der Waals surface area (Å²) in [5.74, 6) is 0.597. The number of amides is 1. The van der Waals surface area contributed by atoms with Gasteiger partial charge in [0.15, 0.2) is 0 Å². The van der Waals surface area contributed by atoms with E-state index in [0.29, 0.717) is 27.3 Å². The number of carbonyl (C=O) groups excluding carboxylic acids is 1. The van der Waals surface area contributed by atoms with Crippen molar-refractivity contribution in [1.29, 1.82) is 0 Å². The van der Waals surface area contributed by atoms with Crippen molar-refractivity contribution in [2.24, 2.45) is 5.92 Å². The molecule has 1 aliphatic heterocycles. The van der Waals surface area contributed by atoms with Crippen LogP contribution in [0.25, 0.3) is 15.9 Å². The Morgan fingerprint density at radius 2 is 1.86 bits per heavy atom. The number of piperidine rings is 1. The minimum Gasteiger partial charge on any atom is -0.339 e. The number of pyridine rings is 1. The molecule has 29 heavy (non-hydrogen) atoms. The number of fused-ring (bicyclic) bond motifs is 2. The highest BCUT2D eigenvalue weighted by Crippen LogP contribution is 2.23. The maximum absolute atomic E-state index is 13.0. The first-order chi connectivity index (χ1) is 14.2. The number of benzene rings is 1. The summed E-state index contributed by atoms with van der Waals surface area (Å²) >= 11 is 1.38. The highest BCUT2D eigenvalue weighted by atomic mass is 32.1. The normalized spacial score (nSPS) is 15.2. The highest BCUT2D eigenvalue weighted by molar-refractivity contribution is 7.17. The molecule has 0 saturated carbocycles. The van der Waals surface area contributed by atoms with Gasteiger partial charge in [0.1, 0.15) is 10.3 Å². The van der Waals surface area contributed by atoms with Crippen molar-refractivity contribution in [3.05, 3.63) is 81.6 Å². The molecule has 0 unspecified atom stereocenters. The van der Waals surface area contributed by atoms with E-state index in [-0.39, 0.29) is 11.5 Å². The van der Waals surface area contributed by atoms with E-state index in [1.165, 1.54) is 21.3 Å². The van der Waals surface area contributed by atoms with E-state index in [0.717, 1.165) is 32.4 Å². The molecule has 1 amide bonds. The Kier molecular flexibility index (Phi) is 4.64. The third kappa shape index (κ3) is 3.44. The number of thiophene rings is 1. The van der Waals surface area contributed by atoms with Crippen molar-refractivity contribution in [1.82, 2.24) is 14.3 Å². The Morgan fingerprint density at radius 1 is 1.07 bits per heavy atom. The number of carbonyl (C=O) groups is 1. The van der Waals surface area contributed by atoms with Gasteiger partial charge in [-0.15, -0.1) is 11.3 Å². The molecule has 3 aromatic heterocycles. The lowest BCUT2D eigenvalue weighted by Gasteiger charge is -2.32. The van der Waals surface area contributed by atoms with E-state index in [1.807, 2.05) is 22.4 Å². The first kappa shape index (κ1) is 18.1. The van der Waals surface area contributed by atoms with Crippen molar-refractivity contribution in [3.8, 4) is 0 Å². The number of hydrogen-bond acceptors (Lipinski definition) is 4. The van der Waals surface area contributed by atoms with Gasteiger partial charge in [0.2, 0.25) is 0 Å². The lowest BCUT2D eigenvalue weighted by molar-refractivity contribution is 0.0690. The van der Waals surface area contributed by atoms with Crippen LogP contribution in [0.1, 0.15) is 28.8 Å². The van der Waals surface area contributed by atoms with Gasteiger partial charge in [-0.2, -0.15) is 0 Å². The summed E-state index contributed by atoms with van der Waals surface area (Å²) in [5, 5.41) is 1.87. The molecular formula is C23H21N3O2S. The van der Waals surface area contributed by atoms with Crippen molar-refractivity contribution in [2.45, 2.75) is 19.3 Å². The minimum absolute atomic E-state index is 0.0109. The average Bonchev–Trinajstić information content (AvgIpc) is 3.23. The van der Waals surface area contributed by atoms with Crippen molar-refractivity contribution >= 4 is 33.1 Å². The Morgan fingerprint density at radius 3 is 2.66 bits per heavy atom. The van der Waals surface area contributed by atoms with Gasteiger partial charge in [0.05, 0.1) is 11.1 Å². The molecule has 0 atom stereocenters. The van der Waals surface area contributed by atoms with Crippen LogP contribution in [0.5, 0.6) is 0 Å². The second-order valence-corrected chi connectivity index (χ2v) is 8.54. The zero-order valence-electron chi connectivity index (χ0n) is 16.0. The first-order valence-electron chi connectivity index (χ1n) is 9.92. The zero-order chi connectivity index (χ0) is 19.8. The predicted molar refractivity (Wildman–Crippen MR) is 116 cm³/mol. The van der Waals surface area contributed by atoms with Crippen LogP contribution in [0.2, 0.25) is 0 Å². The van der Waals surface area contributed by atoms with Crippen LogP contribution in [-0.2, 0) is 6.42 Å². The Balaban J connectivity index is 1.33. The topological polar surface area (TPSA) is 54.7 Å². The number of rotatable bonds is 3. The summed E-state index contributed by atoms with van der Waals surface area (Å²) in [6.07, 6.45) is 4.72. The van der Waals surface area contributed by atoms with Crippen LogP contribution >= 0.6 is 11.3 Å². The summed E-state index contributed by atoms with van der Waals surface area (Å²) in [7, 11) is 0. The fourth-order valence-electron chi connectivity index (χ4n) is 4.13. The fourth-order valence-corrected chi connectivity index (χ4v) is 4.89. The van der Waals surface area contributed by atoms with Gasteiger partial charge in [-0.1, -0.05) is 30.3 Å². The van der Waals surface area contributed by atoms with E-state index in [2.05, 4.69) is 29.2 Å². The molecule has 0 aliphatic carbocycles. The van der Waals surface area contributed by atoms with Gasteiger partial charge < -0.3 is 4.90 Å². The second kappa shape index (κ2) is 7.44. The predicted octanol–water partition coefficient (Wildman–Crippen LogP) is 4.00. The molecule has 1 aliphatic rings. The first-order valence-corrected chi connectivity index (χ1v) is 10.8. The summed E-state index contributed by atoms with van der Waals surface area (Å²) in [5.41, 5.74) is 3.06. The monoisotopic (exact) mass is 403 g/mol. The maximum atomic E-state index is 13.0. The van der Waals surface area contributed by atoms with E-state index in [9.17, 15) is 9.59 Å².